The molecule has 3 N–H and O–H groups in total. The standard InChI is InChI=1S/C31H41FN6O2S/c1-15(2)25-26-18(5)28(41-30(26)36-27(25)22-12-38-29(34-14-35-38)17(4)16(22)3)21-9-20-8-19(21)11-37(20)13-24(39)33-10-23(32)31(6,7)40/h12,14-15,19-21,23,36,40H,8-11,13H2,1-7H3,(H,33,39)/t19-,20?,21+,23+/m0/s1. The third-order valence-corrected chi connectivity index (χ3v) is 10.9. The van der Waals surface area contributed by atoms with Crippen molar-refractivity contribution in [1.82, 2.24) is 29.8 Å². The summed E-state index contributed by atoms with van der Waals surface area (Å²) in [4.78, 5) is 25.8. The first-order chi connectivity index (χ1) is 19.3. The molecule has 220 valence electrons. The van der Waals surface area contributed by atoms with Gasteiger partial charge in [0.15, 0.2) is 5.65 Å². The van der Waals surface area contributed by atoms with Gasteiger partial charge < -0.3 is 15.4 Å². The van der Waals surface area contributed by atoms with Gasteiger partial charge in [0.25, 0.3) is 0 Å². The van der Waals surface area contributed by atoms with Crippen molar-refractivity contribution >= 4 is 33.1 Å². The van der Waals surface area contributed by atoms with E-state index in [1.165, 1.54) is 56.9 Å². The molecule has 5 heterocycles. The Morgan fingerprint density at radius 1 is 1.24 bits per heavy atom. The highest BCUT2D eigenvalue weighted by Gasteiger charge is 2.46. The molecule has 0 aromatic carbocycles. The number of hydrogen-bond acceptors (Lipinski definition) is 6. The minimum atomic E-state index is -1.49. The monoisotopic (exact) mass is 580 g/mol. The van der Waals surface area contributed by atoms with E-state index in [9.17, 15) is 14.3 Å². The Morgan fingerprint density at radius 2 is 2.00 bits per heavy atom. The van der Waals surface area contributed by atoms with Crippen molar-refractivity contribution in [3.63, 3.8) is 0 Å². The summed E-state index contributed by atoms with van der Waals surface area (Å²) in [7, 11) is 0. The van der Waals surface area contributed by atoms with Gasteiger partial charge >= 0.3 is 0 Å². The fraction of sp³-hybridized carbons (Fsp3) is 0.581. The van der Waals surface area contributed by atoms with E-state index in [4.69, 9.17) is 0 Å². The van der Waals surface area contributed by atoms with Gasteiger partial charge in [-0.05, 0) is 87.5 Å². The number of halogens is 1. The van der Waals surface area contributed by atoms with E-state index in [0.717, 1.165) is 30.6 Å². The number of H-pyrrole nitrogens is 1. The number of rotatable bonds is 8. The number of aryl methyl sites for hydroxylation is 2. The molecule has 1 amide bonds. The molecule has 2 aliphatic rings. The number of nitrogens with one attached hydrogen (secondary N) is 2. The zero-order valence-electron chi connectivity index (χ0n) is 25.0. The minimum absolute atomic E-state index is 0.167. The Kier molecular flexibility index (Phi) is 7.02. The minimum Gasteiger partial charge on any atom is -0.387 e. The number of pyridine rings is 1. The van der Waals surface area contributed by atoms with Crippen LogP contribution in [0.5, 0.6) is 0 Å². The smallest absolute Gasteiger partial charge is 0.234 e. The second-order valence-electron chi connectivity index (χ2n) is 13.0. The number of fused-ring (bicyclic) bond motifs is 4. The highest BCUT2D eigenvalue weighted by molar-refractivity contribution is 7.19. The van der Waals surface area contributed by atoms with E-state index in [1.807, 2.05) is 15.9 Å². The number of hydrogen-bond donors (Lipinski definition) is 3. The molecular weight excluding hydrogens is 539 g/mol. The number of aromatic amines is 1. The Bertz CT molecular complexity index is 1630. The van der Waals surface area contributed by atoms with Gasteiger partial charge in [0.2, 0.25) is 5.91 Å². The van der Waals surface area contributed by atoms with Crippen molar-refractivity contribution in [3.8, 4) is 11.3 Å². The SMILES string of the molecule is Cc1c(-c2[nH]c3sc([C@@H]4CC5C[C@H]4CN5CC(=O)NC[C@@H](F)C(C)(C)O)c(C)c3c2C(C)C)cn2ncnc2c1C. The van der Waals surface area contributed by atoms with Crippen LogP contribution in [0.1, 0.15) is 79.5 Å². The first-order valence-electron chi connectivity index (χ1n) is 14.7. The van der Waals surface area contributed by atoms with Crippen LogP contribution in [0.25, 0.3) is 27.1 Å². The first kappa shape index (κ1) is 28.3. The van der Waals surface area contributed by atoms with E-state index >= 15 is 0 Å². The zero-order valence-corrected chi connectivity index (χ0v) is 25.8. The largest absolute Gasteiger partial charge is 0.387 e. The van der Waals surface area contributed by atoms with Gasteiger partial charge in [0, 0.05) is 34.6 Å². The molecule has 4 aromatic heterocycles. The summed E-state index contributed by atoms with van der Waals surface area (Å²) in [5, 5.41) is 18.2. The second kappa shape index (κ2) is 10.2. The van der Waals surface area contributed by atoms with E-state index in [1.54, 1.807) is 6.33 Å². The molecule has 1 saturated carbocycles. The summed E-state index contributed by atoms with van der Waals surface area (Å²) < 4.78 is 15.9. The summed E-state index contributed by atoms with van der Waals surface area (Å²) in [5.74, 6) is 1.18. The van der Waals surface area contributed by atoms with Gasteiger partial charge in [-0.25, -0.2) is 13.9 Å². The van der Waals surface area contributed by atoms with Gasteiger partial charge in [-0.1, -0.05) is 13.8 Å². The van der Waals surface area contributed by atoms with Crippen LogP contribution in [-0.4, -0.2) is 72.9 Å². The Hall–Kier alpha value is -2.82. The van der Waals surface area contributed by atoms with Crippen LogP contribution in [0.3, 0.4) is 0 Å². The molecule has 6 rings (SSSR count). The molecule has 4 atom stereocenters. The lowest BCUT2D eigenvalue weighted by molar-refractivity contribution is -0.123. The molecule has 0 spiro atoms. The van der Waals surface area contributed by atoms with Crippen LogP contribution in [0.2, 0.25) is 0 Å². The molecule has 1 saturated heterocycles. The van der Waals surface area contributed by atoms with Gasteiger partial charge in [0.1, 0.15) is 17.3 Å². The third-order valence-electron chi connectivity index (χ3n) is 9.52. The van der Waals surface area contributed by atoms with E-state index in [0.29, 0.717) is 23.8 Å². The third kappa shape index (κ3) is 4.77. The molecule has 41 heavy (non-hydrogen) atoms. The molecular formula is C31H41FN6O2S. The maximum absolute atomic E-state index is 14.1. The summed E-state index contributed by atoms with van der Waals surface area (Å²) in [6.45, 7) is 14.9. The summed E-state index contributed by atoms with van der Waals surface area (Å²) >= 11 is 1.90. The number of piperidine rings is 1. The predicted octanol–water partition coefficient (Wildman–Crippen LogP) is 5.39. The molecule has 8 nitrogen and oxygen atoms in total. The molecule has 4 aromatic rings. The topological polar surface area (TPSA) is 98.5 Å². The van der Waals surface area contributed by atoms with Crippen molar-refractivity contribution < 1.29 is 14.3 Å². The number of nitrogens with zero attached hydrogens (tertiary/aromatic N) is 4. The van der Waals surface area contributed by atoms with Gasteiger partial charge in [-0.2, -0.15) is 5.10 Å². The maximum atomic E-state index is 14.1. The van der Waals surface area contributed by atoms with Crippen LogP contribution >= 0.6 is 11.3 Å². The van der Waals surface area contributed by atoms with Crippen molar-refractivity contribution in [1.29, 1.82) is 0 Å². The maximum Gasteiger partial charge on any atom is 0.234 e. The summed E-state index contributed by atoms with van der Waals surface area (Å²) in [6.07, 6.45) is 4.35. The van der Waals surface area contributed by atoms with Gasteiger partial charge in [-0.15, -0.1) is 11.3 Å². The molecule has 1 aliphatic heterocycles. The summed E-state index contributed by atoms with van der Waals surface area (Å²) in [6, 6.07) is 0.367. The fourth-order valence-corrected chi connectivity index (χ4v) is 8.53. The van der Waals surface area contributed by atoms with Gasteiger partial charge in [0.05, 0.1) is 24.4 Å². The second-order valence-corrected chi connectivity index (χ2v) is 14.1. The number of carbonyl (C=O) groups is 1. The van der Waals surface area contributed by atoms with Crippen LogP contribution in [0.15, 0.2) is 12.5 Å². The number of alkyl halides is 1. The average molecular weight is 581 g/mol. The van der Waals surface area contributed by atoms with Crippen molar-refractivity contribution in [2.24, 2.45) is 5.92 Å². The molecule has 1 unspecified atom stereocenters. The van der Waals surface area contributed by atoms with E-state index < -0.39 is 11.8 Å². The summed E-state index contributed by atoms with van der Waals surface area (Å²) in [5.41, 5.74) is 6.89. The van der Waals surface area contributed by atoms with Crippen LogP contribution in [-0.2, 0) is 4.79 Å². The lowest BCUT2D eigenvalue weighted by atomic mass is 9.88. The van der Waals surface area contributed by atoms with Crippen LogP contribution in [0, 0.1) is 26.7 Å². The lowest BCUT2D eigenvalue weighted by Gasteiger charge is -2.31. The number of amides is 1. The van der Waals surface area contributed by atoms with Crippen molar-refractivity contribution in [2.45, 2.75) is 91.0 Å². The van der Waals surface area contributed by atoms with Crippen LogP contribution < -0.4 is 5.32 Å². The Balaban J connectivity index is 1.23. The lowest BCUT2D eigenvalue weighted by Crippen LogP contribution is -2.46. The molecule has 10 heteroatoms. The first-order valence-corrected chi connectivity index (χ1v) is 15.5. The van der Waals surface area contributed by atoms with E-state index in [-0.39, 0.29) is 19.0 Å². The number of aliphatic hydroxyl groups is 1. The highest BCUT2D eigenvalue weighted by atomic mass is 32.1. The number of thiophene rings is 1. The number of aromatic nitrogens is 4. The number of carbonyl (C=O) groups excluding carboxylic acids is 1. The molecule has 0 radical (unpaired) electrons. The van der Waals surface area contributed by atoms with E-state index in [2.05, 4.69) is 66.1 Å². The Morgan fingerprint density at radius 3 is 2.66 bits per heavy atom. The van der Waals surface area contributed by atoms with Gasteiger partial charge in [-0.3, -0.25) is 9.69 Å². The Labute approximate surface area is 244 Å². The fourth-order valence-electron chi connectivity index (χ4n) is 7.10. The predicted molar refractivity (Wildman–Crippen MR) is 161 cm³/mol. The van der Waals surface area contributed by atoms with Crippen molar-refractivity contribution in [3.05, 3.63) is 39.7 Å². The number of likely N-dealkylation sites (tertiary alicyclic amines) is 1. The zero-order chi connectivity index (χ0) is 29.4. The highest BCUT2D eigenvalue weighted by Crippen LogP contribution is 2.53. The average Bonchev–Trinajstić information content (AvgIpc) is 3.71. The normalized spacial score (nSPS) is 22.0. The molecule has 2 fully saturated rings. The van der Waals surface area contributed by atoms with Crippen molar-refractivity contribution in [2.75, 3.05) is 19.6 Å². The quantitative estimate of drug-likeness (QED) is 0.260. The van der Waals surface area contributed by atoms with Crippen LogP contribution in [0.4, 0.5) is 4.39 Å². The molecule has 2 bridgehead atoms. The molecule has 1 aliphatic carbocycles.